The fourth-order valence-electron chi connectivity index (χ4n) is 3.78. The molecule has 0 amide bonds. The van der Waals surface area contributed by atoms with Crippen LogP contribution in [-0.4, -0.2) is 49.7 Å². The molecule has 1 atom stereocenters. The first-order chi connectivity index (χ1) is 13.3. The first kappa shape index (κ1) is 21.0. The molecule has 7 nitrogen and oxygen atoms in total. The van der Waals surface area contributed by atoms with Crippen molar-refractivity contribution >= 4 is 10.0 Å². The molecule has 0 N–H and O–H groups in total. The topological polar surface area (TPSA) is 85.5 Å². The van der Waals surface area contributed by atoms with Crippen LogP contribution in [0.2, 0.25) is 0 Å². The van der Waals surface area contributed by atoms with E-state index in [2.05, 4.69) is 24.0 Å². The molecule has 0 aliphatic carbocycles. The number of hydrogen-bond donors (Lipinski definition) is 0. The molecule has 1 saturated heterocycles. The quantitative estimate of drug-likeness (QED) is 0.700. The molecule has 8 heteroatoms. The van der Waals surface area contributed by atoms with Crippen molar-refractivity contribution in [2.45, 2.75) is 56.3 Å². The Kier molecular flexibility index (Phi) is 6.21. The zero-order chi connectivity index (χ0) is 20.4. The number of methoxy groups -OCH3 is 1. The van der Waals surface area contributed by atoms with Crippen molar-refractivity contribution in [1.82, 2.24) is 14.4 Å². The van der Waals surface area contributed by atoms with Gasteiger partial charge in [0.05, 0.1) is 4.90 Å². The van der Waals surface area contributed by atoms with E-state index in [1.54, 1.807) is 30.5 Å². The summed E-state index contributed by atoms with van der Waals surface area (Å²) in [6.45, 7) is 7.23. The van der Waals surface area contributed by atoms with Gasteiger partial charge in [0, 0.05) is 39.1 Å². The van der Waals surface area contributed by atoms with Crippen LogP contribution in [0.1, 0.15) is 56.3 Å². The number of ether oxygens (including phenoxy) is 1. The van der Waals surface area contributed by atoms with Crippen LogP contribution in [0.5, 0.6) is 0 Å². The molecule has 1 unspecified atom stereocenters. The summed E-state index contributed by atoms with van der Waals surface area (Å²) in [6.07, 6.45) is 2.18. The van der Waals surface area contributed by atoms with Gasteiger partial charge in [0.1, 0.15) is 0 Å². The van der Waals surface area contributed by atoms with Crippen molar-refractivity contribution in [2.75, 3.05) is 26.8 Å². The van der Waals surface area contributed by atoms with E-state index in [-0.39, 0.29) is 0 Å². The fraction of sp³-hybridized carbons (Fsp3) is 0.600. The molecule has 0 radical (unpaired) electrons. The maximum absolute atomic E-state index is 13.3. The molecule has 3 rings (SSSR count). The predicted molar refractivity (Wildman–Crippen MR) is 106 cm³/mol. The zero-order valence-electron chi connectivity index (χ0n) is 17.0. The number of aryl methyl sites for hydroxylation is 1. The highest BCUT2D eigenvalue weighted by Crippen LogP contribution is 2.37. The normalized spacial score (nSPS) is 21.3. The van der Waals surface area contributed by atoms with Crippen molar-refractivity contribution in [3.05, 3.63) is 41.5 Å². The summed E-state index contributed by atoms with van der Waals surface area (Å²) in [4.78, 5) is 4.75. The summed E-state index contributed by atoms with van der Waals surface area (Å²) in [5.41, 5.74) is 0.617. The number of sulfonamides is 1. The third-order valence-electron chi connectivity index (χ3n) is 5.51. The summed E-state index contributed by atoms with van der Waals surface area (Å²) in [7, 11) is -1.95. The Morgan fingerprint density at radius 2 is 2.00 bits per heavy atom. The van der Waals surface area contributed by atoms with Crippen molar-refractivity contribution in [3.8, 4) is 0 Å². The van der Waals surface area contributed by atoms with Crippen LogP contribution in [0.15, 0.2) is 33.7 Å². The van der Waals surface area contributed by atoms with E-state index in [0.29, 0.717) is 48.6 Å². The van der Waals surface area contributed by atoms with Crippen LogP contribution >= 0.6 is 0 Å². The lowest BCUT2D eigenvalue weighted by molar-refractivity contribution is 0.128. The molecule has 1 aromatic heterocycles. The molecule has 1 aliphatic rings. The predicted octanol–water partition coefficient (Wildman–Crippen LogP) is 3.26. The first-order valence-corrected chi connectivity index (χ1v) is 11.1. The van der Waals surface area contributed by atoms with Gasteiger partial charge < -0.3 is 9.26 Å². The number of hydrogen-bond acceptors (Lipinski definition) is 6. The fourth-order valence-corrected chi connectivity index (χ4v) is 5.34. The first-order valence-electron chi connectivity index (χ1n) is 9.68. The maximum atomic E-state index is 13.3. The van der Waals surface area contributed by atoms with Gasteiger partial charge in [-0.05, 0) is 42.9 Å². The molecule has 1 aliphatic heterocycles. The smallest absolute Gasteiger partial charge is 0.243 e. The standard InChI is InChI=1S/C20H29N3O4S/c1-15(2)17-6-8-18(9-7-17)28(24,25)23-12-5-10-20(14-23,11-13-26-4)19-21-16(3)27-22-19/h6-9,15H,5,10-14H2,1-4H3. The summed E-state index contributed by atoms with van der Waals surface area (Å²) in [6, 6.07) is 7.19. The van der Waals surface area contributed by atoms with Crippen LogP contribution < -0.4 is 0 Å². The second kappa shape index (κ2) is 8.31. The molecule has 2 heterocycles. The second-order valence-electron chi connectivity index (χ2n) is 7.83. The number of piperidine rings is 1. The second-order valence-corrected chi connectivity index (χ2v) is 9.76. The van der Waals surface area contributed by atoms with Gasteiger partial charge in [-0.3, -0.25) is 0 Å². The van der Waals surface area contributed by atoms with Gasteiger partial charge in [0.15, 0.2) is 5.82 Å². The molecular formula is C20H29N3O4S. The van der Waals surface area contributed by atoms with Gasteiger partial charge in [-0.25, -0.2) is 8.42 Å². The van der Waals surface area contributed by atoms with Gasteiger partial charge in [-0.2, -0.15) is 9.29 Å². The van der Waals surface area contributed by atoms with Crippen molar-refractivity contribution in [3.63, 3.8) is 0 Å². The van der Waals surface area contributed by atoms with E-state index in [9.17, 15) is 8.42 Å². The highest BCUT2D eigenvalue weighted by Gasteiger charge is 2.44. The summed E-state index contributed by atoms with van der Waals surface area (Å²) in [5, 5.41) is 4.12. The van der Waals surface area contributed by atoms with Gasteiger partial charge in [0.25, 0.3) is 0 Å². The van der Waals surface area contributed by atoms with Crippen LogP contribution in [0.3, 0.4) is 0 Å². The lowest BCUT2D eigenvalue weighted by atomic mass is 9.77. The SMILES string of the molecule is COCCC1(c2noc(C)n2)CCCN(S(=O)(=O)c2ccc(C(C)C)cc2)C1. The maximum Gasteiger partial charge on any atom is 0.243 e. The minimum Gasteiger partial charge on any atom is -0.385 e. The third kappa shape index (κ3) is 4.14. The summed E-state index contributed by atoms with van der Waals surface area (Å²) < 4.78 is 38.6. The largest absolute Gasteiger partial charge is 0.385 e. The third-order valence-corrected chi connectivity index (χ3v) is 7.37. The van der Waals surface area contributed by atoms with Crippen LogP contribution in [0.4, 0.5) is 0 Å². The Bertz CT molecular complexity index is 892. The van der Waals surface area contributed by atoms with E-state index < -0.39 is 15.4 Å². The average molecular weight is 408 g/mol. The molecule has 0 spiro atoms. The highest BCUT2D eigenvalue weighted by molar-refractivity contribution is 7.89. The Labute approximate surface area is 167 Å². The molecule has 154 valence electrons. The molecule has 0 saturated carbocycles. The lowest BCUT2D eigenvalue weighted by Crippen LogP contribution is -2.49. The van der Waals surface area contributed by atoms with Crippen LogP contribution in [0, 0.1) is 6.92 Å². The Morgan fingerprint density at radius 3 is 2.57 bits per heavy atom. The van der Waals surface area contributed by atoms with E-state index in [1.165, 1.54) is 0 Å². The zero-order valence-corrected chi connectivity index (χ0v) is 17.8. The van der Waals surface area contributed by atoms with Gasteiger partial charge in [0.2, 0.25) is 15.9 Å². The van der Waals surface area contributed by atoms with Gasteiger partial charge in [-0.15, -0.1) is 0 Å². The van der Waals surface area contributed by atoms with Crippen molar-refractivity contribution in [1.29, 1.82) is 0 Å². The summed E-state index contributed by atoms with van der Waals surface area (Å²) in [5.74, 6) is 1.41. The average Bonchev–Trinajstić information content (AvgIpc) is 3.13. The minimum absolute atomic E-state index is 0.323. The number of aromatic nitrogens is 2. The van der Waals surface area contributed by atoms with Crippen molar-refractivity contribution in [2.24, 2.45) is 0 Å². The monoisotopic (exact) mass is 407 g/mol. The van der Waals surface area contributed by atoms with E-state index in [0.717, 1.165) is 18.4 Å². The molecular weight excluding hydrogens is 378 g/mol. The highest BCUT2D eigenvalue weighted by atomic mass is 32.2. The Balaban J connectivity index is 1.91. The van der Waals surface area contributed by atoms with Gasteiger partial charge in [-0.1, -0.05) is 31.1 Å². The molecule has 1 fully saturated rings. The molecule has 1 aromatic carbocycles. The lowest BCUT2D eigenvalue weighted by Gasteiger charge is -2.40. The molecule has 28 heavy (non-hydrogen) atoms. The molecule has 0 bridgehead atoms. The van der Waals surface area contributed by atoms with Crippen LogP contribution in [-0.2, 0) is 20.2 Å². The van der Waals surface area contributed by atoms with E-state index >= 15 is 0 Å². The summed E-state index contributed by atoms with van der Waals surface area (Å²) >= 11 is 0. The minimum atomic E-state index is -3.60. The molecule has 2 aromatic rings. The number of nitrogens with zero attached hydrogens (tertiary/aromatic N) is 3. The van der Waals surface area contributed by atoms with E-state index in [1.807, 2.05) is 12.1 Å². The number of rotatable bonds is 7. The van der Waals surface area contributed by atoms with Crippen molar-refractivity contribution < 1.29 is 17.7 Å². The Hall–Kier alpha value is -1.77. The van der Waals surface area contributed by atoms with Crippen LogP contribution in [0.25, 0.3) is 0 Å². The number of benzene rings is 1. The Morgan fingerprint density at radius 1 is 1.29 bits per heavy atom. The van der Waals surface area contributed by atoms with Gasteiger partial charge >= 0.3 is 0 Å². The van der Waals surface area contributed by atoms with E-state index in [4.69, 9.17) is 9.26 Å².